The van der Waals surface area contributed by atoms with Crippen LogP contribution in [0, 0.1) is 0 Å². The van der Waals surface area contributed by atoms with Gasteiger partial charge in [0, 0.05) is 35.9 Å². The van der Waals surface area contributed by atoms with E-state index in [9.17, 15) is 4.79 Å². The van der Waals surface area contributed by atoms with Crippen molar-refractivity contribution in [3.8, 4) is 0 Å². The Morgan fingerprint density at radius 3 is 3.11 bits per heavy atom. The van der Waals surface area contributed by atoms with Gasteiger partial charge in [-0.15, -0.1) is 11.3 Å². The fraction of sp³-hybridized carbons (Fsp3) is 0.692. The highest BCUT2D eigenvalue weighted by atomic mass is 32.2. The molecular weight excluding hydrogens is 278 g/mol. The van der Waals surface area contributed by atoms with Crippen LogP contribution in [0.2, 0.25) is 0 Å². The van der Waals surface area contributed by atoms with Crippen molar-refractivity contribution in [2.75, 3.05) is 18.1 Å². The van der Waals surface area contributed by atoms with Gasteiger partial charge < -0.3 is 10.6 Å². The van der Waals surface area contributed by atoms with Gasteiger partial charge in [-0.05, 0) is 5.92 Å². The standard InChI is InChI=1S/C13H21N3OS2/c1-9(2)11-8-19-13(16-11)6-15-12(17)5-10-7-18-4-3-14-10/h8-10,14H,3-7H2,1-2H3,(H,15,17). The molecule has 1 aliphatic rings. The summed E-state index contributed by atoms with van der Waals surface area (Å²) in [6, 6.07) is 0.321. The average Bonchev–Trinajstić information content (AvgIpc) is 2.86. The van der Waals surface area contributed by atoms with Crippen LogP contribution in [0.25, 0.3) is 0 Å². The van der Waals surface area contributed by atoms with Crippen molar-refractivity contribution in [2.24, 2.45) is 0 Å². The number of nitrogens with zero attached hydrogens (tertiary/aromatic N) is 1. The Morgan fingerprint density at radius 2 is 2.47 bits per heavy atom. The van der Waals surface area contributed by atoms with Crippen LogP contribution in [0.3, 0.4) is 0 Å². The Morgan fingerprint density at radius 1 is 1.63 bits per heavy atom. The first-order valence-electron chi connectivity index (χ1n) is 6.67. The molecule has 2 rings (SSSR count). The van der Waals surface area contributed by atoms with Gasteiger partial charge in [-0.3, -0.25) is 4.79 Å². The average molecular weight is 299 g/mol. The zero-order valence-electron chi connectivity index (χ0n) is 11.4. The number of thioether (sulfide) groups is 1. The molecule has 1 amide bonds. The van der Waals surface area contributed by atoms with Gasteiger partial charge in [0.2, 0.25) is 5.91 Å². The topological polar surface area (TPSA) is 54.0 Å². The molecule has 1 unspecified atom stereocenters. The Kier molecular flexibility index (Phi) is 5.66. The zero-order valence-corrected chi connectivity index (χ0v) is 13.1. The third-order valence-corrected chi connectivity index (χ3v) is 5.03. The fourth-order valence-electron chi connectivity index (χ4n) is 1.89. The van der Waals surface area contributed by atoms with E-state index in [1.807, 2.05) is 11.8 Å². The smallest absolute Gasteiger partial charge is 0.221 e. The SMILES string of the molecule is CC(C)c1csc(CNC(=O)CC2CSCCN2)n1. The van der Waals surface area contributed by atoms with Gasteiger partial charge in [-0.1, -0.05) is 13.8 Å². The third-order valence-electron chi connectivity index (χ3n) is 3.03. The Bertz CT molecular complexity index is 414. The van der Waals surface area contributed by atoms with Crippen molar-refractivity contribution in [2.45, 2.75) is 38.8 Å². The molecule has 1 fully saturated rings. The summed E-state index contributed by atoms with van der Waals surface area (Å²) in [7, 11) is 0. The maximum Gasteiger partial charge on any atom is 0.221 e. The number of hydrogen-bond donors (Lipinski definition) is 2. The highest BCUT2D eigenvalue weighted by molar-refractivity contribution is 7.99. The minimum absolute atomic E-state index is 0.112. The van der Waals surface area contributed by atoms with E-state index in [-0.39, 0.29) is 5.91 Å². The van der Waals surface area contributed by atoms with Crippen LogP contribution in [0.4, 0.5) is 0 Å². The van der Waals surface area contributed by atoms with Gasteiger partial charge in [-0.2, -0.15) is 11.8 Å². The monoisotopic (exact) mass is 299 g/mol. The molecule has 2 N–H and O–H groups in total. The summed E-state index contributed by atoms with van der Waals surface area (Å²) in [5.41, 5.74) is 1.11. The lowest BCUT2D eigenvalue weighted by molar-refractivity contribution is -0.121. The predicted molar refractivity (Wildman–Crippen MR) is 81.8 cm³/mol. The number of aromatic nitrogens is 1. The predicted octanol–water partition coefficient (Wildman–Crippen LogP) is 1.98. The second-order valence-corrected chi connectivity index (χ2v) is 7.12. The van der Waals surface area contributed by atoms with Crippen LogP contribution >= 0.6 is 23.1 Å². The van der Waals surface area contributed by atoms with Gasteiger partial charge in [0.05, 0.1) is 12.2 Å². The molecule has 0 radical (unpaired) electrons. The first-order valence-corrected chi connectivity index (χ1v) is 8.70. The molecule has 1 saturated heterocycles. The number of nitrogens with one attached hydrogen (secondary N) is 2. The molecule has 6 heteroatoms. The highest BCUT2D eigenvalue weighted by Gasteiger charge is 2.16. The molecule has 19 heavy (non-hydrogen) atoms. The molecule has 4 nitrogen and oxygen atoms in total. The lowest BCUT2D eigenvalue weighted by Gasteiger charge is -2.22. The summed E-state index contributed by atoms with van der Waals surface area (Å²) in [4.78, 5) is 16.4. The van der Waals surface area contributed by atoms with Crippen molar-refractivity contribution in [1.29, 1.82) is 0 Å². The first-order chi connectivity index (χ1) is 9.15. The summed E-state index contributed by atoms with van der Waals surface area (Å²) in [6.45, 7) is 5.82. The highest BCUT2D eigenvalue weighted by Crippen LogP contribution is 2.17. The molecule has 0 spiro atoms. The zero-order chi connectivity index (χ0) is 13.7. The molecule has 0 saturated carbocycles. The van der Waals surface area contributed by atoms with Gasteiger partial charge >= 0.3 is 0 Å². The quantitative estimate of drug-likeness (QED) is 0.873. The molecule has 1 aromatic rings. The molecule has 0 aliphatic carbocycles. The molecule has 0 bridgehead atoms. The van der Waals surface area contributed by atoms with Gasteiger partial charge in [0.15, 0.2) is 0 Å². The van der Waals surface area contributed by atoms with E-state index in [0.717, 1.165) is 28.8 Å². The summed E-state index contributed by atoms with van der Waals surface area (Å²) in [6.07, 6.45) is 0.565. The fourth-order valence-corrected chi connectivity index (χ4v) is 3.74. The number of carbonyl (C=O) groups is 1. The summed E-state index contributed by atoms with van der Waals surface area (Å²) in [5, 5.41) is 9.39. The number of carbonyl (C=O) groups excluding carboxylic acids is 1. The van der Waals surface area contributed by atoms with Crippen molar-refractivity contribution < 1.29 is 4.79 Å². The van der Waals surface area contributed by atoms with Crippen molar-refractivity contribution in [3.05, 3.63) is 16.1 Å². The van der Waals surface area contributed by atoms with Crippen LogP contribution in [0.1, 0.15) is 36.9 Å². The third kappa shape index (κ3) is 4.78. The Hall–Kier alpha value is -0.590. The van der Waals surface area contributed by atoms with Gasteiger partial charge in [0.1, 0.15) is 5.01 Å². The summed E-state index contributed by atoms with van der Waals surface area (Å²) in [5.74, 6) is 2.74. The summed E-state index contributed by atoms with van der Waals surface area (Å²) < 4.78 is 0. The Balaban J connectivity index is 1.73. The largest absolute Gasteiger partial charge is 0.350 e. The number of thiazole rings is 1. The van der Waals surface area contributed by atoms with E-state index in [1.165, 1.54) is 0 Å². The molecule has 1 aliphatic heterocycles. The normalized spacial score (nSPS) is 19.6. The van der Waals surface area contributed by atoms with Crippen LogP contribution < -0.4 is 10.6 Å². The van der Waals surface area contributed by atoms with E-state index < -0.39 is 0 Å². The molecule has 1 atom stereocenters. The molecule has 2 heterocycles. The maximum absolute atomic E-state index is 11.8. The van der Waals surface area contributed by atoms with Crippen LogP contribution in [0.15, 0.2) is 5.38 Å². The lowest BCUT2D eigenvalue weighted by atomic mass is 10.2. The van der Waals surface area contributed by atoms with E-state index in [0.29, 0.717) is 24.9 Å². The number of rotatable bonds is 5. The second kappa shape index (κ2) is 7.26. The van der Waals surface area contributed by atoms with E-state index >= 15 is 0 Å². The van der Waals surface area contributed by atoms with Crippen molar-refractivity contribution >= 4 is 29.0 Å². The maximum atomic E-state index is 11.8. The van der Waals surface area contributed by atoms with Gasteiger partial charge in [0.25, 0.3) is 0 Å². The lowest BCUT2D eigenvalue weighted by Crippen LogP contribution is -2.41. The van der Waals surface area contributed by atoms with Crippen LogP contribution in [-0.2, 0) is 11.3 Å². The van der Waals surface area contributed by atoms with Crippen molar-refractivity contribution in [3.63, 3.8) is 0 Å². The molecule has 1 aromatic heterocycles. The van der Waals surface area contributed by atoms with Crippen LogP contribution in [0.5, 0.6) is 0 Å². The number of hydrogen-bond acceptors (Lipinski definition) is 5. The second-order valence-electron chi connectivity index (χ2n) is 5.03. The van der Waals surface area contributed by atoms with Crippen LogP contribution in [-0.4, -0.2) is 35.0 Å². The van der Waals surface area contributed by atoms with Gasteiger partial charge in [-0.25, -0.2) is 4.98 Å². The minimum atomic E-state index is 0.112. The molecule has 106 valence electrons. The van der Waals surface area contributed by atoms with Crippen molar-refractivity contribution in [1.82, 2.24) is 15.6 Å². The van der Waals surface area contributed by atoms with E-state index in [2.05, 4.69) is 34.8 Å². The summed E-state index contributed by atoms with van der Waals surface area (Å²) >= 11 is 3.53. The molecule has 0 aromatic carbocycles. The number of amides is 1. The van der Waals surface area contributed by atoms with E-state index in [4.69, 9.17) is 0 Å². The molecular formula is C13H21N3OS2. The minimum Gasteiger partial charge on any atom is -0.350 e. The first kappa shape index (κ1) is 14.8. The van der Waals surface area contributed by atoms with E-state index in [1.54, 1.807) is 11.3 Å². The Labute approximate surface area is 122 Å².